The molecule has 2 N–H and O–H groups in total. The summed E-state index contributed by atoms with van der Waals surface area (Å²) in [6.45, 7) is 5.05. The molecule has 140 valence electrons. The van der Waals surface area contributed by atoms with Crippen LogP contribution in [-0.4, -0.2) is 61.6 Å². The number of amides is 4. The molecule has 0 bridgehead atoms. The lowest BCUT2D eigenvalue weighted by Gasteiger charge is -2.38. The lowest BCUT2D eigenvalue weighted by atomic mass is 10.1. The molecule has 0 aromatic heterocycles. The van der Waals surface area contributed by atoms with Crippen LogP contribution in [0.3, 0.4) is 0 Å². The van der Waals surface area contributed by atoms with Crippen LogP contribution in [0.4, 0.5) is 10.5 Å². The van der Waals surface area contributed by atoms with Crippen molar-refractivity contribution in [2.45, 2.75) is 25.8 Å². The van der Waals surface area contributed by atoms with E-state index in [4.69, 9.17) is 4.74 Å². The molecular formula is C18H24N4O4. The van der Waals surface area contributed by atoms with Gasteiger partial charge in [0.05, 0.1) is 12.3 Å². The highest BCUT2D eigenvalue weighted by molar-refractivity contribution is 5.98. The number of nitrogens with one attached hydrogen (secondary N) is 2. The number of anilines is 1. The first-order valence-electron chi connectivity index (χ1n) is 8.94. The number of imide groups is 1. The number of para-hydroxylation sites is 2. The molecule has 26 heavy (non-hydrogen) atoms. The first-order valence-corrected chi connectivity index (χ1v) is 8.94. The van der Waals surface area contributed by atoms with E-state index >= 15 is 0 Å². The van der Waals surface area contributed by atoms with E-state index in [0.29, 0.717) is 39.2 Å². The molecule has 1 atom stereocenters. The highest BCUT2D eigenvalue weighted by atomic mass is 16.5. The second-order valence-corrected chi connectivity index (χ2v) is 6.33. The Kier molecular flexibility index (Phi) is 5.60. The van der Waals surface area contributed by atoms with Crippen LogP contribution in [0.5, 0.6) is 5.75 Å². The van der Waals surface area contributed by atoms with Gasteiger partial charge in [0.15, 0.2) is 0 Å². The van der Waals surface area contributed by atoms with Crippen LogP contribution in [0.2, 0.25) is 0 Å². The number of piperazine rings is 1. The molecule has 0 aliphatic carbocycles. The van der Waals surface area contributed by atoms with E-state index in [1.807, 2.05) is 31.2 Å². The predicted molar refractivity (Wildman–Crippen MR) is 96.1 cm³/mol. The molecule has 0 saturated carbocycles. The van der Waals surface area contributed by atoms with Gasteiger partial charge in [-0.1, -0.05) is 12.1 Å². The van der Waals surface area contributed by atoms with Gasteiger partial charge in [-0.25, -0.2) is 4.79 Å². The summed E-state index contributed by atoms with van der Waals surface area (Å²) in [4.78, 5) is 39.6. The van der Waals surface area contributed by atoms with Gasteiger partial charge in [-0.2, -0.15) is 0 Å². The quantitative estimate of drug-likeness (QED) is 0.826. The van der Waals surface area contributed by atoms with Crippen LogP contribution < -0.4 is 20.3 Å². The Labute approximate surface area is 152 Å². The summed E-state index contributed by atoms with van der Waals surface area (Å²) in [7, 11) is 0. The Morgan fingerprint density at radius 2 is 1.92 bits per heavy atom. The van der Waals surface area contributed by atoms with Crippen LogP contribution in [0.1, 0.15) is 19.8 Å². The first-order chi connectivity index (χ1) is 12.6. The minimum Gasteiger partial charge on any atom is -0.492 e. The number of carbonyl (C=O) groups is 3. The average Bonchev–Trinajstić information content (AvgIpc) is 2.82. The third-order valence-corrected chi connectivity index (χ3v) is 4.61. The lowest BCUT2D eigenvalue weighted by molar-refractivity contribution is -0.133. The van der Waals surface area contributed by atoms with Crippen molar-refractivity contribution in [3.8, 4) is 5.75 Å². The van der Waals surface area contributed by atoms with Crippen molar-refractivity contribution in [3.63, 3.8) is 0 Å². The zero-order valence-electron chi connectivity index (χ0n) is 14.9. The van der Waals surface area contributed by atoms with Gasteiger partial charge in [-0.05, 0) is 25.5 Å². The normalized spacial score (nSPS) is 20.9. The number of urea groups is 1. The zero-order chi connectivity index (χ0) is 18.5. The number of nitrogens with zero attached hydrogens (tertiary/aromatic N) is 2. The minimum atomic E-state index is -0.649. The monoisotopic (exact) mass is 360 g/mol. The van der Waals surface area contributed by atoms with E-state index in [-0.39, 0.29) is 18.2 Å². The van der Waals surface area contributed by atoms with Crippen LogP contribution in [0.25, 0.3) is 0 Å². The summed E-state index contributed by atoms with van der Waals surface area (Å²) in [5.41, 5.74) is 1.03. The average molecular weight is 360 g/mol. The Morgan fingerprint density at radius 3 is 2.65 bits per heavy atom. The maximum absolute atomic E-state index is 12.7. The summed E-state index contributed by atoms with van der Waals surface area (Å²) >= 11 is 0. The standard InChI is InChI=1S/C18H24N4O4/c1-2-26-15-6-4-3-5-14(15)21-9-11-22(12-10-21)17(24)13-7-8-16(23)20-18(25)19-13/h3-6,13H,2,7-12H2,1H3,(H2,19,20,23,25). The van der Waals surface area contributed by atoms with Gasteiger partial charge in [0, 0.05) is 32.6 Å². The molecule has 2 aliphatic heterocycles. The van der Waals surface area contributed by atoms with Gasteiger partial charge >= 0.3 is 6.03 Å². The SMILES string of the molecule is CCOc1ccccc1N1CCN(C(=O)C2CCC(=O)NC(=O)N2)CC1. The number of hydrogen-bond donors (Lipinski definition) is 2. The van der Waals surface area contributed by atoms with Gasteiger partial charge in [-0.3, -0.25) is 14.9 Å². The van der Waals surface area contributed by atoms with Crippen molar-refractivity contribution in [2.75, 3.05) is 37.7 Å². The molecule has 1 aromatic carbocycles. The maximum Gasteiger partial charge on any atom is 0.322 e. The second-order valence-electron chi connectivity index (χ2n) is 6.33. The molecular weight excluding hydrogens is 336 g/mol. The van der Waals surface area contributed by atoms with Crippen molar-refractivity contribution in [1.29, 1.82) is 0 Å². The van der Waals surface area contributed by atoms with E-state index in [1.165, 1.54) is 0 Å². The molecule has 3 rings (SSSR count). The number of carbonyl (C=O) groups excluding carboxylic acids is 3. The van der Waals surface area contributed by atoms with Gasteiger partial charge in [-0.15, -0.1) is 0 Å². The summed E-state index contributed by atoms with van der Waals surface area (Å²) in [6, 6.07) is 6.63. The highest BCUT2D eigenvalue weighted by Crippen LogP contribution is 2.28. The molecule has 1 aromatic rings. The van der Waals surface area contributed by atoms with Crippen LogP contribution in [-0.2, 0) is 9.59 Å². The third-order valence-electron chi connectivity index (χ3n) is 4.61. The minimum absolute atomic E-state index is 0.132. The number of benzene rings is 1. The smallest absolute Gasteiger partial charge is 0.322 e. The molecule has 2 saturated heterocycles. The number of rotatable bonds is 4. The fourth-order valence-corrected chi connectivity index (χ4v) is 3.30. The molecule has 8 heteroatoms. The van der Waals surface area contributed by atoms with Gasteiger partial charge in [0.25, 0.3) is 0 Å². The molecule has 0 spiro atoms. The van der Waals surface area contributed by atoms with E-state index in [0.717, 1.165) is 11.4 Å². The molecule has 2 fully saturated rings. The Bertz CT molecular complexity index is 686. The maximum atomic E-state index is 12.7. The van der Waals surface area contributed by atoms with Crippen LogP contribution >= 0.6 is 0 Å². The van der Waals surface area contributed by atoms with Gasteiger partial charge < -0.3 is 19.9 Å². The zero-order valence-corrected chi connectivity index (χ0v) is 14.9. The Morgan fingerprint density at radius 1 is 1.19 bits per heavy atom. The van der Waals surface area contributed by atoms with Crippen molar-refractivity contribution in [1.82, 2.24) is 15.5 Å². The van der Waals surface area contributed by atoms with Crippen LogP contribution in [0, 0.1) is 0 Å². The number of hydrogen-bond acceptors (Lipinski definition) is 5. The molecule has 1 unspecified atom stereocenters. The molecule has 8 nitrogen and oxygen atoms in total. The fraction of sp³-hybridized carbons (Fsp3) is 0.500. The predicted octanol–water partition coefficient (Wildman–Crippen LogP) is 0.722. The van der Waals surface area contributed by atoms with E-state index in [9.17, 15) is 14.4 Å². The Hall–Kier alpha value is -2.77. The van der Waals surface area contributed by atoms with Crippen molar-refractivity contribution in [3.05, 3.63) is 24.3 Å². The third kappa shape index (κ3) is 4.07. The van der Waals surface area contributed by atoms with Crippen molar-refractivity contribution >= 4 is 23.5 Å². The Balaban J connectivity index is 1.60. The van der Waals surface area contributed by atoms with E-state index < -0.39 is 12.1 Å². The van der Waals surface area contributed by atoms with Crippen molar-refractivity contribution in [2.24, 2.45) is 0 Å². The number of ether oxygens (including phenoxy) is 1. The van der Waals surface area contributed by atoms with E-state index in [2.05, 4.69) is 15.5 Å². The lowest BCUT2D eigenvalue weighted by Crippen LogP contribution is -2.55. The van der Waals surface area contributed by atoms with Crippen molar-refractivity contribution < 1.29 is 19.1 Å². The summed E-state index contributed by atoms with van der Waals surface area (Å²) in [5.74, 6) is 0.359. The van der Waals surface area contributed by atoms with Gasteiger partial charge in [0.1, 0.15) is 11.8 Å². The summed E-state index contributed by atoms with van der Waals surface area (Å²) in [6.07, 6.45) is 0.487. The highest BCUT2D eigenvalue weighted by Gasteiger charge is 2.31. The molecule has 2 heterocycles. The van der Waals surface area contributed by atoms with E-state index in [1.54, 1.807) is 4.90 Å². The molecule has 2 aliphatic rings. The fourth-order valence-electron chi connectivity index (χ4n) is 3.30. The van der Waals surface area contributed by atoms with Crippen LogP contribution in [0.15, 0.2) is 24.3 Å². The first kappa shape index (κ1) is 18.0. The second kappa shape index (κ2) is 8.07. The summed E-state index contributed by atoms with van der Waals surface area (Å²) < 4.78 is 5.69. The molecule has 0 radical (unpaired) electrons. The molecule has 4 amide bonds. The summed E-state index contributed by atoms with van der Waals surface area (Å²) in [5, 5.41) is 4.77. The topological polar surface area (TPSA) is 91.0 Å². The largest absolute Gasteiger partial charge is 0.492 e. The van der Waals surface area contributed by atoms with Gasteiger partial charge in [0.2, 0.25) is 11.8 Å².